The first kappa shape index (κ1) is 16.1. The minimum atomic E-state index is -0.331. The van der Waals surface area contributed by atoms with Crippen LogP contribution in [0.4, 0.5) is 0 Å². The van der Waals surface area contributed by atoms with E-state index in [-0.39, 0.29) is 12.3 Å². The van der Waals surface area contributed by atoms with Crippen LogP contribution in [-0.4, -0.2) is 10.9 Å². The van der Waals surface area contributed by atoms with Crippen molar-refractivity contribution in [2.45, 2.75) is 50.9 Å². The monoisotopic (exact) mass is 332 g/mol. The number of aryl methyl sites for hydroxylation is 1. The van der Waals surface area contributed by atoms with Gasteiger partial charge in [-0.2, -0.15) is 0 Å². The van der Waals surface area contributed by atoms with E-state index in [9.17, 15) is 4.79 Å². The fourth-order valence-electron chi connectivity index (χ4n) is 3.13. The molecule has 1 heterocycles. The highest BCUT2D eigenvalue weighted by molar-refractivity contribution is 6.30. The molecule has 5 heteroatoms. The first-order valence-corrected chi connectivity index (χ1v) is 8.55. The topological polar surface area (TPSA) is 69.1 Å². The Hall–Kier alpha value is -1.81. The van der Waals surface area contributed by atoms with Gasteiger partial charge in [0.1, 0.15) is 11.5 Å². The minimum absolute atomic E-state index is 0.264. The molecule has 23 heavy (non-hydrogen) atoms. The average molecular weight is 333 g/mol. The second-order valence-electron chi connectivity index (χ2n) is 6.13. The molecule has 1 saturated carbocycles. The van der Waals surface area contributed by atoms with E-state index >= 15 is 0 Å². The van der Waals surface area contributed by atoms with Gasteiger partial charge >= 0.3 is 0 Å². The summed E-state index contributed by atoms with van der Waals surface area (Å²) in [4.78, 5) is 15.9. The third kappa shape index (κ3) is 3.94. The van der Waals surface area contributed by atoms with E-state index in [1.165, 1.54) is 19.3 Å². The van der Waals surface area contributed by atoms with Crippen LogP contribution in [0.2, 0.25) is 5.02 Å². The second-order valence-corrected chi connectivity index (χ2v) is 6.57. The lowest BCUT2D eigenvalue weighted by molar-refractivity contribution is -0.118. The molecule has 1 aliphatic rings. The molecule has 2 aromatic rings. The molecule has 122 valence electrons. The van der Waals surface area contributed by atoms with Gasteiger partial charge in [0.2, 0.25) is 5.91 Å². The molecule has 1 aromatic heterocycles. The lowest BCUT2D eigenvalue weighted by atomic mass is 9.89. The van der Waals surface area contributed by atoms with Crippen molar-refractivity contribution in [2.75, 3.05) is 0 Å². The van der Waals surface area contributed by atoms with Crippen molar-refractivity contribution in [3.8, 4) is 11.3 Å². The molecule has 2 N–H and O–H groups in total. The molecule has 0 bridgehead atoms. The fourth-order valence-corrected chi connectivity index (χ4v) is 3.26. The highest BCUT2D eigenvalue weighted by atomic mass is 35.5. The van der Waals surface area contributed by atoms with Crippen LogP contribution in [0, 0.1) is 0 Å². The maximum Gasteiger partial charge on any atom is 0.217 e. The van der Waals surface area contributed by atoms with Crippen LogP contribution in [0.5, 0.6) is 0 Å². The number of rotatable bonds is 5. The number of primary amides is 1. The summed E-state index contributed by atoms with van der Waals surface area (Å²) in [6.07, 6.45) is 6.72. The molecule has 0 saturated heterocycles. The van der Waals surface area contributed by atoms with E-state index in [4.69, 9.17) is 26.7 Å². The van der Waals surface area contributed by atoms with Gasteiger partial charge in [0.15, 0.2) is 5.89 Å². The summed E-state index contributed by atoms with van der Waals surface area (Å²) in [6, 6.07) is 7.53. The number of oxazole rings is 1. The Balaban J connectivity index is 1.92. The third-order valence-electron chi connectivity index (χ3n) is 4.38. The van der Waals surface area contributed by atoms with Gasteiger partial charge < -0.3 is 10.2 Å². The van der Waals surface area contributed by atoms with Gasteiger partial charge in [0.05, 0.1) is 0 Å². The maximum absolute atomic E-state index is 11.1. The predicted octanol–water partition coefficient (Wildman–Crippen LogP) is 4.46. The van der Waals surface area contributed by atoms with Crippen molar-refractivity contribution in [3.63, 3.8) is 0 Å². The molecule has 1 aliphatic carbocycles. The summed E-state index contributed by atoms with van der Waals surface area (Å²) in [5, 5.41) is 0.684. The molecule has 0 radical (unpaired) electrons. The number of hydrogen-bond acceptors (Lipinski definition) is 3. The molecule has 0 aliphatic heterocycles. The van der Waals surface area contributed by atoms with Gasteiger partial charge in [-0.15, -0.1) is 0 Å². The number of aromatic nitrogens is 1. The Morgan fingerprint density at radius 3 is 2.57 bits per heavy atom. The van der Waals surface area contributed by atoms with Crippen molar-refractivity contribution in [1.29, 1.82) is 0 Å². The number of carbonyl (C=O) groups excluding carboxylic acids is 1. The van der Waals surface area contributed by atoms with Crippen molar-refractivity contribution in [2.24, 2.45) is 5.73 Å². The van der Waals surface area contributed by atoms with Gasteiger partial charge in [-0.3, -0.25) is 4.79 Å². The van der Waals surface area contributed by atoms with Crippen LogP contribution < -0.4 is 5.73 Å². The summed E-state index contributed by atoms with van der Waals surface area (Å²) in [5.41, 5.74) is 7.05. The molecular formula is C18H21ClN2O2. The van der Waals surface area contributed by atoms with Crippen molar-refractivity contribution in [3.05, 3.63) is 40.9 Å². The number of halogens is 1. The number of amides is 1. The normalized spacial score (nSPS) is 15.7. The first-order chi connectivity index (χ1) is 11.1. The summed E-state index contributed by atoms with van der Waals surface area (Å²) in [7, 11) is 0. The van der Waals surface area contributed by atoms with E-state index in [1.54, 1.807) is 0 Å². The first-order valence-electron chi connectivity index (χ1n) is 8.17. The van der Waals surface area contributed by atoms with Crippen molar-refractivity contribution >= 4 is 17.5 Å². The van der Waals surface area contributed by atoms with E-state index in [2.05, 4.69) is 0 Å². The molecule has 4 nitrogen and oxygen atoms in total. The zero-order chi connectivity index (χ0) is 16.2. The Morgan fingerprint density at radius 1 is 1.22 bits per heavy atom. The number of carbonyl (C=O) groups is 1. The van der Waals surface area contributed by atoms with Crippen LogP contribution in [0.1, 0.15) is 56.1 Å². The largest absolute Gasteiger partial charge is 0.445 e. The van der Waals surface area contributed by atoms with E-state index in [0.717, 1.165) is 35.7 Å². The van der Waals surface area contributed by atoms with Crippen molar-refractivity contribution in [1.82, 2.24) is 4.98 Å². The van der Waals surface area contributed by atoms with Crippen molar-refractivity contribution < 1.29 is 9.21 Å². The summed E-state index contributed by atoms with van der Waals surface area (Å²) in [5.74, 6) is 1.60. The molecule has 1 fully saturated rings. The Morgan fingerprint density at radius 2 is 1.91 bits per heavy atom. The van der Waals surface area contributed by atoms with Gasteiger partial charge in [-0.25, -0.2) is 4.98 Å². The van der Waals surface area contributed by atoms with Crippen LogP contribution >= 0.6 is 11.6 Å². The molecule has 0 atom stereocenters. The molecule has 0 unspecified atom stereocenters. The highest BCUT2D eigenvalue weighted by Gasteiger charge is 2.23. The number of nitrogens with two attached hydrogens (primary N) is 1. The summed E-state index contributed by atoms with van der Waals surface area (Å²) < 4.78 is 6.04. The third-order valence-corrected chi connectivity index (χ3v) is 4.64. The Kier molecular flexibility index (Phi) is 5.01. The zero-order valence-corrected chi connectivity index (χ0v) is 13.8. The van der Waals surface area contributed by atoms with Crippen LogP contribution in [0.3, 0.4) is 0 Å². The lowest BCUT2D eigenvalue weighted by Gasteiger charge is -2.17. The lowest BCUT2D eigenvalue weighted by Crippen LogP contribution is -2.11. The number of hydrogen-bond donors (Lipinski definition) is 1. The quantitative estimate of drug-likeness (QED) is 0.878. The number of nitrogens with zero attached hydrogens (tertiary/aromatic N) is 1. The molecule has 0 spiro atoms. The van der Waals surface area contributed by atoms with Crippen LogP contribution in [0.15, 0.2) is 28.7 Å². The van der Waals surface area contributed by atoms with E-state index < -0.39 is 0 Å². The van der Waals surface area contributed by atoms with Crippen LogP contribution in [0.25, 0.3) is 11.3 Å². The summed E-state index contributed by atoms with van der Waals surface area (Å²) >= 11 is 5.96. The van der Waals surface area contributed by atoms with Gasteiger partial charge in [0, 0.05) is 29.3 Å². The van der Waals surface area contributed by atoms with E-state index in [0.29, 0.717) is 17.4 Å². The summed E-state index contributed by atoms with van der Waals surface area (Å²) in [6.45, 7) is 0. The molecular weight excluding hydrogens is 312 g/mol. The maximum atomic E-state index is 11.1. The van der Waals surface area contributed by atoms with Gasteiger partial charge in [-0.1, -0.05) is 43.0 Å². The predicted molar refractivity (Wildman–Crippen MR) is 90.3 cm³/mol. The van der Waals surface area contributed by atoms with Crippen LogP contribution in [-0.2, 0) is 11.2 Å². The second kappa shape index (κ2) is 7.18. The molecule has 1 amide bonds. The fraction of sp³-hybridized carbons (Fsp3) is 0.444. The molecule has 1 aromatic carbocycles. The molecule has 3 rings (SSSR count). The van der Waals surface area contributed by atoms with Gasteiger partial charge in [-0.05, 0) is 25.0 Å². The Labute approximate surface area is 141 Å². The SMILES string of the molecule is NC(=O)CCc1oc(C2CCCCC2)nc1-c1ccc(Cl)cc1. The average Bonchev–Trinajstić information content (AvgIpc) is 2.99. The van der Waals surface area contributed by atoms with E-state index in [1.807, 2.05) is 24.3 Å². The highest BCUT2D eigenvalue weighted by Crippen LogP contribution is 2.35. The standard InChI is InChI=1S/C18H21ClN2O2/c19-14-8-6-12(7-9-14)17-15(10-11-16(20)22)23-18(21-17)13-4-2-1-3-5-13/h6-9,13H,1-5,10-11H2,(H2,20,22). The smallest absolute Gasteiger partial charge is 0.217 e. The Bertz CT molecular complexity index is 673. The van der Waals surface area contributed by atoms with Gasteiger partial charge in [0.25, 0.3) is 0 Å². The minimum Gasteiger partial charge on any atom is -0.445 e. The zero-order valence-electron chi connectivity index (χ0n) is 13.1. The number of benzene rings is 1.